The molecule has 0 unspecified atom stereocenters. The van der Waals surface area contributed by atoms with Gasteiger partial charge in [-0.15, -0.1) is 0 Å². The molecule has 1 aliphatic heterocycles. The second kappa shape index (κ2) is 9.23. The van der Waals surface area contributed by atoms with Crippen molar-refractivity contribution in [2.45, 2.75) is 13.3 Å². The highest BCUT2D eigenvalue weighted by Crippen LogP contribution is 2.21. The number of benzene rings is 2. The van der Waals surface area contributed by atoms with Crippen LogP contribution in [0.3, 0.4) is 0 Å². The van der Waals surface area contributed by atoms with E-state index in [0.29, 0.717) is 44.1 Å². The Balaban J connectivity index is 1.56. The summed E-state index contributed by atoms with van der Waals surface area (Å²) in [5.41, 5.74) is 1.50. The van der Waals surface area contributed by atoms with Crippen LogP contribution >= 0.6 is 0 Å². The standard InChI is InChI=1S/C22H24N2O5/c1-2-29-19-6-4-3-5-18(19)21(26)24-13-11-23(12-14-24)20(25)15-16-7-9-17(10-8-16)22(27)28/h3-10H,2,11-15H2,1H3,(H,27,28). The van der Waals surface area contributed by atoms with Gasteiger partial charge in [0.2, 0.25) is 5.91 Å². The maximum absolute atomic E-state index is 12.8. The fourth-order valence-electron chi connectivity index (χ4n) is 3.31. The fourth-order valence-corrected chi connectivity index (χ4v) is 3.31. The van der Waals surface area contributed by atoms with Crippen LogP contribution in [-0.4, -0.2) is 65.5 Å². The molecule has 2 aromatic rings. The van der Waals surface area contributed by atoms with Gasteiger partial charge in [0, 0.05) is 26.2 Å². The Morgan fingerprint density at radius 1 is 0.931 bits per heavy atom. The molecule has 1 saturated heterocycles. The summed E-state index contributed by atoms with van der Waals surface area (Å²) in [6.45, 7) is 4.22. The number of para-hydroxylation sites is 1. The van der Waals surface area contributed by atoms with Gasteiger partial charge in [0.25, 0.3) is 5.91 Å². The van der Waals surface area contributed by atoms with E-state index in [2.05, 4.69) is 0 Å². The van der Waals surface area contributed by atoms with E-state index in [9.17, 15) is 14.4 Å². The number of carbonyl (C=O) groups excluding carboxylic acids is 2. The molecule has 1 aliphatic rings. The first-order chi connectivity index (χ1) is 14.0. The zero-order valence-corrected chi connectivity index (χ0v) is 16.3. The summed E-state index contributed by atoms with van der Waals surface area (Å²) < 4.78 is 5.55. The summed E-state index contributed by atoms with van der Waals surface area (Å²) >= 11 is 0. The average molecular weight is 396 g/mol. The van der Waals surface area contributed by atoms with Gasteiger partial charge in [-0.05, 0) is 36.8 Å². The molecule has 7 heteroatoms. The number of nitrogens with zero attached hydrogens (tertiary/aromatic N) is 2. The van der Waals surface area contributed by atoms with Crippen molar-refractivity contribution < 1.29 is 24.2 Å². The molecule has 3 rings (SSSR count). The molecular formula is C22H24N2O5. The van der Waals surface area contributed by atoms with Gasteiger partial charge in [-0.1, -0.05) is 24.3 Å². The molecule has 2 aromatic carbocycles. The maximum Gasteiger partial charge on any atom is 0.335 e. The molecule has 1 N–H and O–H groups in total. The maximum atomic E-state index is 12.8. The topological polar surface area (TPSA) is 87.2 Å². The second-order valence-corrected chi connectivity index (χ2v) is 6.78. The molecular weight excluding hydrogens is 372 g/mol. The molecule has 0 saturated carbocycles. The van der Waals surface area contributed by atoms with Crippen LogP contribution in [0.5, 0.6) is 5.75 Å². The van der Waals surface area contributed by atoms with E-state index in [1.807, 2.05) is 19.1 Å². The first-order valence-electron chi connectivity index (χ1n) is 9.60. The van der Waals surface area contributed by atoms with Crippen molar-refractivity contribution in [2.75, 3.05) is 32.8 Å². The first kappa shape index (κ1) is 20.4. The summed E-state index contributed by atoms with van der Waals surface area (Å²) in [5.74, 6) is -0.543. The Kier molecular flexibility index (Phi) is 6.49. The summed E-state index contributed by atoms with van der Waals surface area (Å²) in [6, 6.07) is 13.5. The van der Waals surface area contributed by atoms with Gasteiger partial charge in [0.1, 0.15) is 5.75 Å². The van der Waals surface area contributed by atoms with Crippen molar-refractivity contribution in [1.29, 1.82) is 0 Å². The Morgan fingerprint density at radius 2 is 1.55 bits per heavy atom. The highest BCUT2D eigenvalue weighted by Gasteiger charge is 2.26. The molecule has 0 aromatic heterocycles. The third-order valence-corrected chi connectivity index (χ3v) is 4.89. The van der Waals surface area contributed by atoms with Gasteiger partial charge in [0.15, 0.2) is 0 Å². The molecule has 0 atom stereocenters. The minimum absolute atomic E-state index is 0.0325. The molecule has 0 bridgehead atoms. The van der Waals surface area contributed by atoms with E-state index >= 15 is 0 Å². The van der Waals surface area contributed by atoms with Crippen LogP contribution in [-0.2, 0) is 11.2 Å². The lowest BCUT2D eigenvalue weighted by molar-refractivity contribution is -0.131. The molecule has 0 spiro atoms. The zero-order valence-electron chi connectivity index (χ0n) is 16.3. The minimum Gasteiger partial charge on any atom is -0.493 e. The van der Waals surface area contributed by atoms with Crippen LogP contribution in [0, 0.1) is 0 Å². The van der Waals surface area contributed by atoms with E-state index in [4.69, 9.17) is 9.84 Å². The van der Waals surface area contributed by atoms with Crippen molar-refractivity contribution in [3.8, 4) is 5.75 Å². The third kappa shape index (κ3) is 4.93. The van der Waals surface area contributed by atoms with E-state index in [-0.39, 0.29) is 23.8 Å². The van der Waals surface area contributed by atoms with Crippen LogP contribution in [0.1, 0.15) is 33.2 Å². The lowest BCUT2D eigenvalue weighted by Gasteiger charge is -2.35. The monoisotopic (exact) mass is 396 g/mol. The van der Waals surface area contributed by atoms with E-state index < -0.39 is 5.97 Å². The van der Waals surface area contributed by atoms with Crippen LogP contribution in [0.15, 0.2) is 48.5 Å². The summed E-state index contributed by atoms with van der Waals surface area (Å²) in [7, 11) is 0. The van der Waals surface area contributed by atoms with Crippen molar-refractivity contribution in [3.63, 3.8) is 0 Å². The molecule has 29 heavy (non-hydrogen) atoms. The number of carboxylic acid groups (broad SMARTS) is 1. The average Bonchev–Trinajstić information content (AvgIpc) is 2.74. The number of carbonyl (C=O) groups is 3. The number of ether oxygens (including phenoxy) is 1. The van der Waals surface area contributed by atoms with Crippen molar-refractivity contribution in [1.82, 2.24) is 9.80 Å². The summed E-state index contributed by atoms with van der Waals surface area (Å²) in [5, 5.41) is 8.95. The van der Waals surface area contributed by atoms with Crippen LogP contribution < -0.4 is 4.74 Å². The predicted molar refractivity (Wildman–Crippen MR) is 107 cm³/mol. The van der Waals surface area contributed by atoms with Crippen LogP contribution in [0.25, 0.3) is 0 Å². The number of piperazine rings is 1. The van der Waals surface area contributed by atoms with Crippen LogP contribution in [0.2, 0.25) is 0 Å². The van der Waals surface area contributed by atoms with Gasteiger partial charge >= 0.3 is 5.97 Å². The van der Waals surface area contributed by atoms with Crippen LogP contribution in [0.4, 0.5) is 0 Å². The molecule has 0 radical (unpaired) electrons. The van der Waals surface area contributed by atoms with Gasteiger partial charge in [-0.3, -0.25) is 9.59 Å². The van der Waals surface area contributed by atoms with Gasteiger partial charge in [-0.25, -0.2) is 4.79 Å². The summed E-state index contributed by atoms with van der Waals surface area (Å²) in [6.07, 6.45) is 0.209. The number of aromatic carboxylic acids is 1. The Morgan fingerprint density at radius 3 is 2.17 bits per heavy atom. The molecule has 7 nitrogen and oxygen atoms in total. The normalized spacial score (nSPS) is 13.8. The van der Waals surface area contributed by atoms with Gasteiger partial charge in [-0.2, -0.15) is 0 Å². The highest BCUT2D eigenvalue weighted by molar-refractivity contribution is 5.97. The van der Waals surface area contributed by atoms with Crippen molar-refractivity contribution >= 4 is 17.8 Å². The molecule has 2 amide bonds. The van der Waals surface area contributed by atoms with Gasteiger partial charge < -0.3 is 19.6 Å². The summed E-state index contributed by atoms with van der Waals surface area (Å²) in [4.78, 5) is 39.8. The predicted octanol–water partition coefficient (Wildman–Crippen LogP) is 2.31. The van der Waals surface area contributed by atoms with Crippen molar-refractivity contribution in [3.05, 3.63) is 65.2 Å². The quantitative estimate of drug-likeness (QED) is 0.810. The lowest BCUT2D eigenvalue weighted by Crippen LogP contribution is -2.51. The SMILES string of the molecule is CCOc1ccccc1C(=O)N1CCN(C(=O)Cc2ccc(C(=O)O)cc2)CC1. The molecule has 152 valence electrons. The number of amides is 2. The lowest BCUT2D eigenvalue weighted by atomic mass is 10.1. The van der Waals surface area contributed by atoms with Crippen molar-refractivity contribution in [2.24, 2.45) is 0 Å². The van der Waals surface area contributed by atoms with Gasteiger partial charge in [0.05, 0.1) is 24.2 Å². The Bertz CT molecular complexity index is 886. The fraction of sp³-hybridized carbons (Fsp3) is 0.318. The molecule has 1 heterocycles. The largest absolute Gasteiger partial charge is 0.493 e. The second-order valence-electron chi connectivity index (χ2n) is 6.78. The Hall–Kier alpha value is -3.35. The smallest absolute Gasteiger partial charge is 0.335 e. The third-order valence-electron chi connectivity index (χ3n) is 4.89. The van der Waals surface area contributed by atoms with E-state index in [1.165, 1.54) is 12.1 Å². The number of hydrogen-bond donors (Lipinski definition) is 1. The Labute approximate surface area is 169 Å². The first-order valence-corrected chi connectivity index (χ1v) is 9.60. The number of rotatable bonds is 6. The zero-order chi connectivity index (χ0) is 20.8. The minimum atomic E-state index is -0.991. The number of hydrogen-bond acceptors (Lipinski definition) is 4. The van der Waals surface area contributed by atoms with E-state index in [1.54, 1.807) is 34.1 Å². The highest BCUT2D eigenvalue weighted by atomic mass is 16.5. The molecule has 1 fully saturated rings. The number of carboxylic acids is 1. The van der Waals surface area contributed by atoms with E-state index in [0.717, 1.165) is 5.56 Å². The molecule has 0 aliphatic carbocycles.